The van der Waals surface area contributed by atoms with E-state index in [2.05, 4.69) is 39.0 Å². The van der Waals surface area contributed by atoms with E-state index in [9.17, 15) is 9.18 Å². The second-order valence-corrected chi connectivity index (χ2v) is 7.57. The van der Waals surface area contributed by atoms with Crippen molar-refractivity contribution in [2.75, 3.05) is 20.2 Å². The van der Waals surface area contributed by atoms with E-state index in [0.717, 1.165) is 25.9 Å². The van der Waals surface area contributed by atoms with Crippen LogP contribution >= 0.6 is 0 Å². The summed E-state index contributed by atoms with van der Waals surface area (Å²) in [5.74, 6) is -0.248. The number of para-hydroxylation sites is 1. The van der Waals surface area contributed by atoms with Crippen molar-refractivity contribution < 1.29 is 13.9 Å². The van der Waals surface area contributed by atoms with E-state index >= 15 is 0 Å². The van der Waals surface area contributed by atoms with E-state index in [1.807, 2.05) is 18.2 Å². The molecule has 4 rings (SSSR count). The lowest BCUT2D eigenvalue weighted by atomic mass is 9.90. The van der Waals surface area contributed by atoms with E-state index < -0.39 is 5.97 Å². The van der Waals surface area contributed by atoms with Gasteiger partial charge in [0, 0.05) is 41.8 Å². The Morgan fingerprint density at radius 2 is 2.17 bits per heavy atom. The fourth-order valence-corrected chi connectivity index (χ4v) is 4.15. The van der Waals surface area contributed by atoms with Crippen LogP contribution in [0.2, 0.25) is 0 Å². The molecule has 150 valence electrons. The number of esters is 1. The first kappa shape index (κ1) is 19.4. The number of halogens is 1. The fraction of sp³-hybridized carbons (Fsp3) is 0.292. The van der Waals surface area contributed by atoms with Crippen molar-refractivity contribution in [3.05, 3.63) is 77.2 Å². The Morgan fingerprint density at radius 3 is 3.00 bits per heavy atom. The average Bonchev–Trinajstić information content (AvgIpc) is 3.18. The molecule has 0 spiro atoms. The molecule has 1 aliphatic heterocycles. The molecule has 1 unspecified atom stereocenters. The third-order valence-electron chi connectivity index (χ3n) is 5.65. The number of ether oxygens (including phenoxy) is 1. The van der Waals surface area contributed by atoms with Gasteiger partial charge in [-0.2, -0.15) is 0 Å². The zero-order valence-electron chi connectivity index (χ0n) is 16.5. The molecule has 1 aromatic heterocycles. The zero-order chi connectivity index (χ0) is 20.2. The van der Waals surface area contributed by atoms with Gasteiger partial charge in [0.1, 0.15) is 5.82 Å². The highest BCUT2D eigenvalue weighted by Gasteiger charge is 2.24. The van der Waals surface area contributed by atoms with Crippen LogP contribution < -0.4 is 0 Å². The molecule has 2 aromatic carbocycles. The van der Waals surface area contributed by atoms with Gasteiger partial charge in [-0.1, -0.05) is 30.3 Å². The van der Waals surface area contributed by atoms with Crippen LogP contribution in [0.15, 0.2) is 54.7 Å². The van der Waals surface area contributed by atoms with Crippen molar-refractivity contribution in [2.24, 2.45) is 0 Å². The molecule has 0 bridgehead atoms. The minimum absolute atomic E-state index is 0.244. The van der Waals surface area contributed by atoms with E-state index in [1.165, 1.54) is 35.7 Å². The quantitative estimate of drug-likeness (QED) is 0.498. The molecule has 5 heteroatoms. The highest BCUT2D eigenvalue weighted by molar-refractivity contribution is 5.87. The van der Waals surface area contributed by atoms with Gasteiger partial charge in [0.2, 0.25) is 0 Å². The van der Waals surface area contributed by atoms with Gasteiger partial charge in [0.05, 0.1) is 7.11 Å². The van der Waals surface area contributed by atoms with Crippen molar-refractivity contribution >= 4 is 22.9 Å². The van der Waals surface area contributed by atoms with Crippen molar-refractivity contribution in [3.63, 3.8) is 0 Å². The molecule has 4 nitrogen and oxygen atoms in total. The third-order valence-corrected chi connectivity index (χ3v) is 5.65. The molecule has 29 heavy (non-hydrogen) atoms. The Kier molecular flexibility index (Phi) is 5.76. The van der Waals surface area contributed by atoms with Crippen molar-refractivity contribution in [2.45, 2.75) is 25.3 Å². The van der Waals surface area contributed by atoms with E-state index in [1.54, 1.807) is 6.08 Å². The summed E-state index contributed by atoms with van der Waals surface area (Å²) >= 11 is 0. The van der Waals surface area contributed by atoms with Gasteiger partial charge in [0.15, 0.2) is 0 Å². The normalized spacial score (nSPS) is 17.8. The zero-order valence-corrected chi connectivity index (χ0v) is 16.5. The van der Waals surface area contributed by atoms with E-state index in [-0.39, 0.29) is 5.82 Å². The number of fused-ring (bicyclic) bond motifs is 1. The van der Waals surface area contributed by atoms with Gasteiger partial charge in [-0.05, 0) is 54.6 Å². The molecule has 1 atom stereocenters. The Balaban J connectivity index is 1.45. The van der Waals surface area contributed by atoms with Gasteiger partial charge in [0.25, 0.3) is 0 Å². The Morgan fingerprint density at radius 1 is 1.31 bits per heavy atom. The molecule has 3 aromatic rings. The summed E-state index contributed by atoms with van der Waals surface area (Å²) in [6, 6.07) is 13.5. The molecular formula is C24H25FN2O2. The molecular weight excluding hydrogens is 367 g/mol. The van der Waals surface area contributed by atoms with Crippen LogP contribution in [-0.2, 0) is 16.1 Å². The van der Waals surface area contributed by atoms with E-state index in [4.69, 9.17) is 0 Å². The average molecular weight is 392 g/mol. The number of aromatic nitrogens is 1. The number of carbonyl (C=O) groups is 1. The monoisotopic (exact) mass is 392 g/mol. The summed E-state index contributed by atoms with van der Waals surface area (Å²) < 4.78 is 19.2. The lowest BCUT2D eigenvalue weighted by Gasteiger charge is -2.33. The Labute approximate surface area is 170 Å². The number of carbonyl (C=O) groups excluding carboxylic acids is 1. The fourth-order valence-electron chi connectivity index (χ4n) is 4.15. The first-order valence-electron chi connectivity index (χ1n) is 9.97. The third kappa shape index (κ3) is 4.40. The van der Waals surface area contributed by atoms with Gasteiger partial charge < -0.3 is 9.72 Å². The number of nitrogens with zero attached hydrogens (tertiary/aromatic N) is 1. The van der Waals surface area contributed by atoms with Crippen molar-refractivity contribution in [3.8, 4) is 0 Å². The van der Waals surface area contributed by atoms with Gasteiger partial charge in [-0.3, -0.25) is 4.90 Å². The molecule has 2 heterocycles. The van der Waals surface area contributed by atoms with Crippen LogP contribution in [0.5, 0.6) is 0 Å². The Bertz CT molecular complexity index is 1040. The van der Waals surface area contributed by atoms with Crippen LogP contribution in [0.1, 0.15) is 35.4 Å². The van der Waals surface area contributed by atoms with Crippen molar-refractivity contribution in [1.82, 2.24) is 9.88 Å². The number of methoxy groups -OCH3 is 1. The van der Waals surface area contributed by atoms with Crippen molar-refractivity contribution in [1.29, 1.82) is 0 Å². The number of rotatable bonds is 5. The lowest BCUT2D eigenvalue weighted by molar-refractivity contribution is -0.134. The molecule has 1 fully saturated rings. The first-order valence-corrected chi connectivity index (χ1v) is 9.97. The summed E-state index contributed by atoms with van der Waals surface area (Å²) in [6.45, 7) is 2.49. The number of hydrogen-bond acceptors (Lipinski definition) is 3. The molecule has 0 amide bonds. The number of hydrogen-bond donors (Lipinski definition) is 1. The van der Waals surface area contributed by atoms with Crippen LogP contribution in [0.3, 0.4) is 0 Å². The second kappa shape index (κ2) is 8.62. The van der Waals surface area contributed by atoms with Crippen LogP contribution in [-0.4, -0.2) is 36.1 Å². The minimum Gasteiger partial charge on any atom is -0.466 e. The number of piperidine rings is 1. The van der Waals surface area contributed by atoms with Gasteiger partial charge >= 0.3 is 5.97 Å². The maximum atomic E-state index is 14.6. The highest BCUT2D eigenvalue weighted by atomic mass is 19.1. The first-order chi connectivity index (χ1) is 14.1. The number of nitrogens with one attached hydrogen (secondary N) is 1. The van der Waals surface area contributed by atoms with Gasteiger partial charge in [-0.15, -0.1) is 0 Å². The molecule has 0 radical (unpaired) electrons. The lowest BCUT2D eigenvalue weighted by Crippen LogP contribution is -2.34. The number of H-pyrrole nitrogens is 1. The maximum absolute atomic E-state index is 14.6. The van der Waals surface area contributed by atoms with Crippen LogP contribution in [0, 0.1) is 5.82 Å². The standard InChI is InChI=1S/C24H25FN2O2/c1-29-24(28)11-9-17-8-10-19(22(25)13-17)16-27-12-4-5-18(15-27)21-14-26-23-7-3-2-6-20(21)23/h2-3,6-11,13-14,18,26H,4-5,12,15-16H2,1H3/b11-9+. The SMILES string of the molecule is COC(=O)/C=C/c1ccc(CN2CCCC(c3c[nH]c4ccccc34)C2)c(F)c1. The largest absolute Gasteiger partial charge is 0.466 e. The highest BCUT2D eigenvalue weighted by Crippen LogP contribution is 2.32. The predicted octanol–water partition coefficient (Wildman–Crippen LogP) is 4.87. The topological polar surface area (TPSA) is 45.3 Å². The van der Waals surface area contributed by atoms with Gasteiger partial charge in [-0.25, -0.2) is 9.18 Å². The molecule has 1 aliphatic rings. The number of benzene rings is 2. The minimum atomic E-state index is -0.453. The summed E-state index contributed by atoms with van der Waals surface area (Å²) in [5.41, 5.74) is 3.85. The summed E-state index contributed by atoms with van der Waals surface area (Å²) in [6.07, 6.45) is 7.24. The summed E-state index contributed by atoms with van der Waals surface area (Å²) in [7, 11) is 1.32. The number of aromatic amines is 1. The summed E-state index contributed by atoms with van der Waals surface area (Å²) in [5, 5.41) is 1.28. The maximum Gasteiger partial charge on any atom is 0.330 e. The smallest absolute Gasteiger partial charge is 0.330 e. The molecule has 0 aliphatic carbocycles. The predicted molar refractivity (Wildman–Crippen MR) is 113 cm³/mol. The number of likely N-dealkylation sites (tertiary alicyclic amines) is 1. The summed E-state index contributed by atoms with van der Waals surface area (Å²) in [4.78, 5) is 16.9. The van der Waals surface area contributed by atoms with E-state index in [0.29, 0.717) is 23.6 Å². The molecule has 0 saturated carbocycles. The van der Waals surface area contributed by atoms with Crippen LogP contribution in [0.25, 0.3) is 17.0 Å². The second-order valence-electron chi connectivity index (χ2n) is 7.57. The molecule has 1 N–H and O–H groups in total. The van der Waals surface area contributed by atoms with Crippen LogP contribution in [0.4, 0.5) is 4.39 Å². The molecule has 1 saturated heterocycles. The Hall–Kier alpha value is -2.92.